The van der Waals surface area contributed by atoms with Gasteiger partial charge in [0.1, 0.15) is 0 Å². The van der Waals surface area contributed by atoms with Gasteiger partial charge in [-0.2, -0.15) is 0 Å². The van der Waals surface area contributed by atoms with Gasteiger partial charge < -0.3 is 10.2 Å². The van der Waals surface area contributed by atoms with Crippen LogP contribution in [0.25, 0.3) is 0 Å². The predicted molar refractivity (Wildman–Crippen MR) is 68.3 cm³/mol. The summed E-state index contributed by atoms with van der Waals surface area (Å²) in [6.07, 6.45) is 6.23. The molecule has 0 spiro atoms. The highest BCUT2D eigenvalue weighted by Gasteiger charge is 2.18. The van der Waals surface area contributed by atoms with E-state index in [1.165, 1.54) is 5.56 Å². The van der Waals surface area contributed by atoms with Crippen LogP contribution < -0.4 is 5.32 Å². The Bertz CT molecular complexity index is 479. The average molecular weight is 228 g/mol. The minimum absolute atomic E-state index is 0.144. The smallest absolute Gasteiger partial charge is 0.254 e. The zero-order valence-electron chi connectivity index (χ0n) is 9.78. The zero-order chi connectivity index (χ0) is 11.7. The highest BCUT2D eigenvalue weighted by molar-refractivity contribution is 5.95. The molecule has 1 aromatic rings. The van der Waals surface area contributed by atoms with Crippen molar-refractivity contribution in [3.8, 4) is 0 Å². The van der Waals surface area contributed by atoms with Gasteiger partial charge >= 0.3 is 0 Å². The Morgan fingerprint density at radius 3 is 3.06 bits per heavy atom. The summed E-state index contributed by atoms with van der Waals surface area (Å²) in [6, 6.07) is 6.01. The standard InChI is InChI=1S/C14H16N2O/c17-14(16-8-2-1-3-9-16)12-5-4-11-6-7-15-13(11)10-12/h1-2,4-5,10,15H,3,6-9H2. The van der Waals surface area contributed by atoms with E-state index in [2.05, 4.69) is 23.5 Å². The molecule has 88 valence electrons. The fraction of sp³-hybridized carbons (Fsp3) is 0.357. The first kappa shape index (κ1) is 10.4. The lowest BCUT2D eigenvalue weighted by Gasteiger charge is -2.23. The maximum Gasteiger partial charge on any atom is 0.254 e. The summed E-state index contributed by atoms with van der Waals surface area (Å²) in [6.45, 7) is 2.56. The molecule has 17 heavy (non-hydrogen) atoms. The Balaban J connectivity index is 1.84. The maximum absolute atomic E-state index is 12.3. The van der Waals surface area contributed by atoms with Crippen molar-refractivity contribution in [3.05, 3.63) is 41.5 Å². The molecular weight excluding hydrogens is 212 g/mol. The molecule has 3 rings (SSSR count). The third kappa shape index (κ3) is 1.93. The summed E-state index contributed by atoms with van der Waals surface area (Å²) in [4.78, 5) is 14.2. The number of benzene rings is 1. The van der Waals surface area contributed by atoms with Gasteiger partial charge in [0, 0.05) is 30.9 Å². The van der Waals surface area contributed by atoms with Crippen LogP contribution >= 0.6 is 0 Å². The lowest BCUT2D eigenvalue weighted by molar-refractivity contribution is 0.0771. The molecule has 0 aliphatic carbocycles. The van der Waals surface area contributed by atoms with Crippen LogP contribution in [0, 0.1) is 0 Å². The van der Waals surface area contributed by atoms with Crippen LogP contribution in [0.2, 0.25) is 0 Å². The fourth-order valence-electron chi connectivity index (χ4n) is 2.43. The van der Waals surface area contributed by atoms with Gasteiger partial charge in [0.05, 0.1) is 0 Å². The van der Waals surface area contributed by atoms with Crippen molar-refractivity contribution < 1.29 is 4.79 Å². The van der Waals surface area contributed by atoms with Crippen LogP contribution in [-0.2, 0) is 6.42 Å². The van der Waals surface area contributed by atoms with Gasteiger partial charge in [-0.25, -0.2) is 0 Å². The molecule has 2 heterocycles. The second-order valence-corrected chi connectivity index (χ2v) is 4.56. The molecular formula is C14H16N2O. The van der Waals surface area contributed by atoms with E-state index in [9.17, 15) is 4.79 Å². The molecule has 2 aliphatic rings. The topological polar surface area (TPSA) is 32.3 Å². The molecule has 0 fully saturated rings. The van der Waals surface area contributed by atoms with E-state index < -0.39 is 0 Å². The van der Waals surface area contributed by atoms with Crippen molar-refractivity contribution in [1.82, 2.24) is 4.90 Å². The van der Waals surface area contributed by atoms with Crippen LogP contribution in [-0.4, -0.2) is 30.4 Å². The van der Waals surface area contributed by atoms with Crippen LogP contribution in [0.5, 0.6) is 0 Å². The molecule has 0 bridgehead atoms. The SMILES string of the molecule is O=C(c1ccc2c(c1)NCC2)N1CC=CCC1. The summed E-state index contributed by atoms with van der Waals surface area (Å²) in [5, 5.41) is 3.31. The minimum atomic E-state index is 0.144. The second kappa shape index (κ2) is 4.24. The van der Waals surface area contributed by atoms with Crippen molar-refractivity contribution in [3.63, 3.8) is 0 Å². The monoisotopic (exact) mass is 228 g/mol. The zero-order valence-corrected chi connectivity index (χ0v) is 9.78. The van der Waals surface area contributed by atoms with E-state index in [0.717, 1.165) is 43.7 Å². The number of nitrogens with zero attached hydrogens (tertiary/aromatic N) is 1. The third-order valence-corrected chi connectivity index (χ3v) is 3.41. The second-order valence-electron chi connectivity index (χ2n) is 4.56. The predicted octanol–water partition coefficient (Wildman–Crippen LogP) is 2.06. The van der Waals surface area contributed by atoms with Gasteiger partial charge in [-0.15, -0.1) is 0 Å². The molecule has 0 saturated heterocycles. The van der Waals surface area contributed by atoms with Gasteiger partial charge in [-0.3, -0.25) is 4.79 Å². The van der Waals surface area contributed by atoms with Crippen molar-refractivity contribution in [2.75, 3.05) is 25.0 Å². The largest absolute Gasteiger partial charge is 0.384 e. The van der Waals surface area contributed by atoms with Crippen LogP contribution in [0.3, 0.4) is 0 Å². The van der Waals surface area contributed by atoms with Gasteiger partial charge in [-0.05, 0) is 30.5 Å². The van der Waals surface area contributed by atoms with E-state index >= 15 is 0 Å². The first-order valence-electron chi connectivity index (χ1n) is 6.16. The van der Waals surface area contributed by atoms with Gasteiger partial charge in [0.25, 0.3) is 5.91 Å². The van der Waals surface area contributed by atoms with Crippen LogP contribution in [0.15, 0.2) is 30.4 Å². The number of hydrogen-bond donors (Lipinski definition) is 1. The number of fused-ring (bicyclic) bond motifs is 1. The van der Waals surface area contributed by atoms with Gasteiger partial charge in [0.15, 0.2) is 0 Å². The number of hydrogen-bond acceptors (Lipinski definition) is 2. The molecule has 1 N–H and O–H groups in total. The Hall–Kier alpha value is -1.77. The lowest BCUT2D eigenvalue weighted by atomic mass is 10.1. The van der Waals surface area contributed by atoms with E-state index in [-0.39, 0.29) is 5.91 Å². The number of anilines is 1. The Labute approximate surface area is 101 Å². The Morgan fingerprint density at radius 1 is 1.29 bits per heavy atom. The van der Waals surface area contributed by atoms with Crippen molar-refractivity contribution >= 4 is 11.6 Å². The summed E-state index contributed by atoms with van der Waals surface area (Å²) in [7, 11) is 0. The maximum atomic E-state index is 12.3. The van der Waals surface area contributed by atoms with Crippen LogP contribution in [0.1, 0.15) is 22.3 Å². The average Bonchev–Trinajstić information content (AvgIpc) is 2.86. The van der Waals surface area contributed by atoms with Gasteiger partial charge in [0.2, 0.25) is 0 Å². The summed E-state index contributed by atoms with van der Waals surface area (Å²) >= 11 is 0. The normalized spacial score (nSPS) is 17.8. The first-order valence-corrected chi connectivity index (χ1v) is 6.16. The third-order valence-electron chi connectivity index (χ3n) is 3.41. The van der Waals surface area contributed by atoms with E-state index in [4.69, 9.17) is 0 Å². The number of amides is 1. The number of rotatable bonds is 1. The molecule has 0 saturated carbocycles. The molecule has 1 aromatic carbocycles. The Morgan fingerprint density at radius 2 is 2.24 bits per heavy atom. The molecule has 2 aliphatic heterocycles. The number of carbonyl (C=O) groups is 1. The lowest BCUT2D eigenvalue weighted by Crippen LogP contribution is -2.33. The summed E-state index contributed by atoms with van der Waals surface area (Å²) in [5.74, 6) is 0.144. The Kier molecular flexibility index (Phi) is 2.59. The first-order chi connectivity index (χ1) is 8.34. The van der Waals surface area contributed by atoms with Crippen molar-refractivity contribution in [2.24, 2.45) is 0 Å². The van der Waals surface area contributed by atoms with Crippen molar-refractivity contribution in [2.45, 2.75) is 12.8 Å². The van der Waals surface area contributed by atoms with Crippen molar-refractivity contribution in [1.29, 1.82) is 0 Å². The molecule has 1 amide bonds. The number of carbonyl (C=O) groups excluding carboxylic acids is 1. The minimum Gasteiger partial charge on any atom is -0.384 e. The quantitative estimate of drug-likeness (QED) is 0.746. The fourth-order valence-corrected chi connectivity index (χ4v) is 2.43. The molecule has 0 atom stereocenters. The van der Waals surface area contributed by atoms with E-state index in [0.29, 0.717) is 0 Å². The molecule has 0 aromatic heterocycles. The number of nitrogens with one attached hydrogen (secondary N) is 1. The summed E-state index contributed by atoms with van der Waals surface area (Å²) < 4.78 is 0. The van der Waals surface area contributed by atoms with Gasteiger partial charge in [-0.1, -0.05) is 18.2 Å². The van der Waals surface area contributed by atoms with E-state index in [1.54, 1.807) is 0 Å². The molecule has 3 heteroatoms. The molecule has 3 nitrogen and oxygen atoms in total. The highest BCUT2D eigenvalue weighted by Crippen LogP contribution is 2.24. The molecule has 0 radical (unpaired) electrons. The van der Waals surface area contributed by atoms with E-state index in [1.807, 2.05) is 17.0 Å². The highest BCUT2D eigenvalue weighted by atomic mass is 16.2. The summed E-state index contributed by atoms with van der Waals surface area (Å²) in [5.41, 5.74) is 3.25. The van der Waals surface area contributed by atoms with Crippen LogP contribution in [0.4, 0.5) is 5.69 Å². The molecule has 0 unspecified atom stereocenters.